The van der Waals surface area contributed by atoms with Crippen LogP contribution in [0.3, 0.4) is 0 Å². The summed E-state index contributed by atoms with van der Waals surface area (Å²) in [6.07, 6.45) is 1.11. The van der Waals surface area contributed by atoms with E-state index in [0.29, 0.717) is 19.7 Å². The molecule has 0 aromatic heterocycles. The molecule has 1 aliphatic heterocycles. The highest BCUT2D eigenvalue weighted by Gasteiger charge is 2.39. The van der Waals surface area contributed by atoms with E-state index in [-0.39, 0.29) is 17.8 Å². The maximum absolute atomic E-state index is 11.9. The molecule has 2 fully saturated rings. The molecule has 0 spiro atoms. The van der Waals surface area contributed by atoms with Crippen LogP contribution in [-0.2, 0) is 14.3 Å². The third-order valence-electron chi connectivity index (χ3n) is 3.02. The van der Waals surface area contributed by atoms with Crippen molar-refractivity contribution in [3.63, 3.8) is 0 Å². The Hall–Kier alpha value is -1.10. The smallest absolute Gasteiger partial charge is 0.410 e. The molecule has 1 amide bonds. The van der Waals surface area contributed by atoms with Crippen LogP contribution in [0.25, 0.3) is 0 Å². The standard InChI is InChI=1S/C13H21NO4/c1-13(2,3)18-12(16)14-6-7-17-10(8-14)11(15)9-4-5-9/h9-10H,4-8H2,1-3H3/t10-/m1/s1. The molecule has 1 saturated carbocycles. The Morgan fingerprint density at radius 2 is 1.94 bits per heavy atom. The molecule has 5 nitrogen and oxygen atoms in total. The second-order valence-corrected chi connectivity index (χ2v) is 5.96. The Kier molecular flexibility index (Phi) is 3.61. The molecule has 1 aliphatic carbocycles. The first kappa shape index (κ1) is 13.3. The molecule has 2 aliphatic rings. The summed E-state index contributed by atoms with van der Waals surface area (Å²) in [5, 5.41) is 0. The third-order valence-corrected chi connectivity index (χ3v) is 3.02. The van der Waals surface area contributed by atoms with Gasteiger partial charge in [0.2, 0.25) is 0 Å². The first-order valence-corrected chi connectivity index (χ1v) is 6.50. The van der Waals surface area contributed by atoms with Gasteiger partial charge < -0.3 is 14.4 Å². The van der Waals surface area contributed by atoms with Gasteiger partial charge in [0.15, 0.2) is 5.78 Å². The molecule has 0 unspecified atom stereocenters. The van der Waals surface area contributed by atoms with E-state index in [2.05, 4.69) is 0 Å². The van der Waals surface area contributed by atoms with Gasteiger partial charge in [0, 0.05) is 12.5 Å². The summed E-state index contributed by atoms with van der Waals surface area (Å²) < 4.78 is 10.8. The monoisotopic (exact) mass is 255 g/mol. The van der Waals surface area contributed by atoms with E-state index >= 15 is 0 Å². The topological polar surface area (TPSA) is 55.8 Å². The highest BCUT2D eigenvalue weighted by Crippen LogP contribution is 2.32. The molecule has 1 saturated heterocycles. The number of Topliss-reactive ketones (excluding diaryl/α,β-unsaturated/α-hetero) is 1. The molecule has 18 heavy (non-hydrogen) atoms. The van der Waals surface area contributed by atoms with Gasteiger partial charge in [-0.15, -0.1) is 0 Å². The molecule has 1 heterocycles. The fourth-order valence-corrected chi connectivity index (χ4v) is 1.94. The molecule has 1 atom stereocenters. The molecule has 0 bridgehead atoms. The van der Waals surface area contributed by atoms with Crippen molar-refractivity contribution in [2.24, 2.45) is 5.92 Å². The van der Waals surface area contributed by atoms with Gasteiger partial charge in [-0.05, 0) is 33.6 Å². The van der Waals surface area contributed by atoms with Crippen LogP contribution in [-0.4, -0.2) is 48.2 Å². The Morgan fingerprint density at radius 3 is 2.50 bits per heavy atom. The zero-order valence-corrected chi connectivity index (χ0v) is 11.3. The molecule has 0 radical (unpaired) electrons. The fraction of sp³-hybridized carbons (Fsp3) is 0.846. The molecular weight excluding hydrogens is 234 g/mol. The first-order chi connectivity index (χ1) is 8.37. The second kappa shape index (κ2) is 4.88. The highest BCUT2D eigenvalue weighted by atomic mass is 16.6. The van der Waals surface area contributed by atoms with Crippen LogP contribution in [0.4, 0.5) is 4.79 Å². The maximum Gasteiger partial charge on any atom is 0.410 e. The highest BCUT2D eigenvalue weighted by molar-refractivity contribution is 5.88. The molecule has 5 heteroatoms. The van der Waals surface area contributed by atoms with Gasteiger partial charge in [-0.1, -0.05) is 0 Å². The number of carbonyl (C=O) groups is 2. The predicted octanol–water partition coefficient (Wildman–Crippen LogP) is 1.60. The maximum atomic E-state index is 11.9. The second-order valence-electron chi connectivity index (χ2n) is 5.96. The van der Waals surface area contributed by atoms with E-state index in [1.807, 2.05) is 20.8 Å². The van der Waals surface area contributed by atoms with Crippen LogP contribution in [0.15, 0.2) is 0 Å². The molecule has 102 valence electrons. The summed E-state index contributed by atoms with van der Waals surface area (Å²) >= 11 is 0. The lowest BCUT2D eigenvalue weighted by Gasteiger charge is -2.33. The normalized spacial score (nSPS) is 24.8. The van der Waals surface area contributed by atoms with Gasteiger partial charge in [-0.25, -0.2) is 4.79 Å². The molecule has 0 N–H and O–H groups in total. The molecular formula is C13H21NO4. The van der Waals surface area contributed by atoms with E-state index in [9.17, 15) is 9.59 Å². The Bertz CT molecular complexity index is 343. The third kappa shape index (κ3) is 3.45. The van der Waals surface area contributed by atoms with Gasteiger partial charge in [0.05, 0.1) is 13.2 Å². The van der Waals surface area contributed by atoms with E-state index in [1.54, 1.807) is 4.90 Å². The van der Waals surface area contributed by atoms with E-state index in [0.717, 1.165) is 12.8 Å². The molecule has 2 rings (SSSR count). The zero-order valence-electron chi connectivity index (χ0n) is 11.3. The first-order valence-electron chi connectivity index (χ1n) is 6.50. The van der Waals surface area contributed by atoms with Crippen molar-refractivity contribution in [1.29, 1.82) is 0 Å². The number of amides is 1. The van der Waals surface area contributed by atoms with Crippen molar-refractivity contribution in [3.8, 4) is 0 Å². The fourth-order valence-electron chi connectivity index (χ4n) is 1.94. The van der Waals surface area contributed by atoms with Crippen molar-refractivity contribution >= 4 is 11.9 Å². The van der Waals surface area contributed by atoms with Gasteiger partial charge in [-0.3, -0.25) is 4.79 Å². The van der Waals surface area contributed by atoms with Crippen molar-refractivity contribution in [1.82, 2.24) is 4.90 Å². The van der Waals surface area contributed by atoms with Crippen molar-refractivity contribution in [3.05, 3.63) is 0 Å². The van der Waals surface area contributed by atoms with Gasteiger partial charge in [0.1, 0.15) is 11.7 Å². The number of hydrogen-bond donors (Lipinski definition) is 0. The molecule has 0 aromatic rings. The zero-order chi connectivity index (χ0) is 13.3. The van der Waals surface area contributed by atoms with Gasteiger partial charge >= 0.3 is 6.09 Å². The Balaban J connectivity index is 1.89. The number of hydrogen-bond acceptors (Lipinski definition) is 4. The van der Waals surface area contributed by atoms with Gasteiger partial charge in [-0.2, -0.15) is 0 Å². The number of ketones is 1. The van der Waals surface area contributed by atoms with E-state index in [4.69, 9.17) is 9.47 Å². The average molecular weight is 255 g/mol. The van der Waals surface area contributed by atoms with Crippen molar-refractivity contribution < 1.29 is 19.1 Å². The summed E-state index contributed by atoms with van der Waals surface area (Å²) in [4.78, 5) is 25.4. The summed E-state index contributed by atoms with van der Waals surface area (Å²) in [5.41, 5.74) is -0.509. The molecule has 0 aromatic carbocycles. The van der Waals surface area contributed by atoms with Gasteiger partial charge in [0.25, 0.3) is 0 Å². The minimum absolute atomic E-state index is 0.142. The van der Waals surface area contributed by atoms with Crippen LogP contribution >= 0.6 is 0 Å². The lowest BCUT2D eigenvalue weighted by atomic mass is 10.1. The summed E-state index contributed by atoms with van der Waals surface area (Å²) in [6, 6.07) is 0. The summed E-state index contributed by atoms with van der Waals surface area (Å²) in [5.74, 6) is 0.303. The number of rotatable bonds is 2. The van der Waals surface area contributed by atoms with Crippen LogP contribution in [0.5, 0.6) is 0 Å². The summed E-state index contributed by atoms with van der Waals surface area (Å²) in [6.45, 7) is 6.71. The van der Waals surface area contributed by atoms with Crippen LogP contribution in [0.2, 0.25) is 0 Å². The lowest BCUT2D eigenvalue weighted by molar-refractivity contribution is -0.137. The van der Waals surface area contributed by atoms with Crippen molar-refractivity contribution in [2.75, 3.05) is 19.7 Å². The lowest BCUT2D eigenvalue weighted by Crippen LogP contribution is -2.50. The number of nitrogens with zero attached hydrogens (tertiary/aromatic N) is 1. The number of morpholine rings is 1. The number of carbonyl (C=O) groups excluding carboxylic acids is 2. The van der Waals surface area contributed by atoms with Crippen LogP contribution < -0.4 is 0 Å². The van der Waals surface area contributed by atoms with Crippen LogP contribution in [0, 0.1) is 5.92 Å². The SMILES string of the molecule is CC(C)(C)OC(=O)N1CCO[C@@H](C(=O)C2CC2)C1. The van der Waals surface area contributed by atoms with Crippen molar-refractivity contribution in [2.45, 2.75) is 45.3 Å². The minimum Gasteiger partial charge on any atom is -0.444 e. The average Bonchev–Trinajstić information content (AvgIpc) is 3.10. The van der Waals surface area contributed by atoms with E-state index < -0.39 is 11.7 Å². The number of ether oxygens (including phenoxy) is 2. The Morgan fingerprint density at radius 1 is 1.28 bits per heavy atom. The van der Waals surface area contributed by atoms with E-state index in [1.165, 1.54) is 0 Å². The largest absolute Gasteiger partial charge is 0.444 e. The van der Waals surface area contributed by atoms with Crippen LogP contribution in [0.1, 0.15) is 33.6 Å². The Labute approximate surface area is 107 Å². The summed E-state index contributed by atoms with van der Waals surface area (Å²) in [7, 11) is 0. The minimum atomic E-state index is -0.509. The predicted molar refractivity (Wildman–Crippen MR) is 65.3 cm³/mol. The quantitative estimate of drug-likeness (QED) is 0.752.